The third-order valence-electron chi connectivity index (χ3n) is 5.83. The van der Waals surface area contributed by atoms with Crippen LogP contribution in [-0.2, 0) is 30.5 Å². The fourth-order valence-electron chi connectivity index (χ4n) is 4.31. The van der Waals surface area contributed by atoms with Gasteiger partial charge >= 0.3 is 18.0 Å². The molecule has 2 amide bonds. The first-order chi connectivity index (χ1) is 16.2. The average Bonchev–Trinajstić information content (AvgIpc) is 2.70. The Morgan fingerprint density at radius 1 is 1.08 bits per heavy atom. The molecule has 1 aliphatic rings. The molecule has 6 nitrogen and oxygen atoms in total. The molecule has 1 aromatic rings. The van der Waals surface area contributed by atoms with Gasteiger partial charge in [-0.25, -0.2) is 12.8 Å². The Balaban J connectivity index is 2.76. The lowest BCUT2D eigenvalue weighted by Gasteiger charge is -2.38. The van der Waals surface area contributed by atoms with Gasteiger partial charge in [0.05, 0.1) is 11.7 Å². The summed E-state index contributed by atoms with van der Waals surface area (Å²) in [5.74, 6) is -4.40. The lowest BCUT2D eigenvalue weighted by molar-refractivity contribution is -0.348. The number of nitrogens with two attached hydrogens (primary N) is 1. The van der Waals surface area contributed by atoms with Crippen molar-refractivity contribution in [1.82, 2.24) is 5.32 Å². The molecule has 1 aromatic carbocycles. The zero-order valence-corrected chi connectivity index (χ0v) is 20.0. The van der Waals surface area contributed by atoms with Gasteiger partial charge in [0.25, 0.3) is 0 Å². The van der Waals surface area contributed by atoms with Gasteiger partial charge in [0.1, 0.15) is 15.3 Å². The lowest BCUT2D eigenvalue weighted by atomic mass is 9.65. The quantitative estimate of drug-likeness (QED) is 0.514. The molecule has 0 heterocycles. The molecule has 3 atom stereocenters. The highest BCUT2D eigenvalue weighted by molar-refractivity contribution is 7.90. The molecule has 0 radical (unpaired) electrons. The Morgan fingerprint density at radius 2 is 1.64 bits per heavy atom. The molecule has 3 N–H and O–H groups in total. The highest BCUT2D eigenvalue weighted by Gasteiger charge is 2.74. The Labute approximate surface area is 202 Å². The molecule has 200 valence electrons. The predicted molar refractivity (Wildman–Crippen MR) is 116 cm³/mol. The third kappa shape index (κ3) is 5.13. The molecule has 0 aliphatic heterocycles. The minimum Gasteiger partial charge on any atom is -0.369 e. The van der Waals surface area contributed by atoms with Gasteiger partial charge in [0.15, 0.2) is 0 Å². The number of nitrogens with one attached hydrogen (secondary N) is 1. The van der Waals surface area contributed by atoms with Crippen LogP contribution in [0.3, 0.4) is 0 Å². The van der Waals surface area contributed by atoms with E-state index in [0.29, 0.717) is 12.1 Å². The van der Waals surface area contributed by atoms with Crippen molar-refractivity contribution in [1.29, 1.82) is 0 Å². The maximum absolute atomic E-state index is 14.9. The first kappa shape index (κ1) is 29.3. The van der Waals surface area contributed by atoms with E-state index in [9.17, 15) is 48.7 Å². The monoisotopic (exact) mass is 544 g/mol. The fraction of sp³-hybridized carbons (Fsp3) is 0.455. The van der Waals surface area contributed by atoms with Gasteiger partial charge in [-0.2, -0.15) is 26.3 Å². The van der Waals surface area contributed by atoms with Crippen LogP contribution in [0.2, 0.25) is 0 Å². The molecule has 1 aliphatic carbocycles. The molecular formula is C22H23F7N2O4S. The second kappa shape index (κ2) is 9.52. The highest BCUT2D eigenvalue weighted by atomic mass is 32.2. The summed E-state index contributed by atoms with van der Waals surface area (Å²) in [5.41, 5.74) is -5.81. The smallest absolute Gasteiger partial charge is 0.369 e. The third-order valence-corrected chi connectivity index (χ3v) is 6.93. The Hall–Kier alpha value is -2.90. The van der Waals surface area contributed by atoms with Crippen LogP contribution in [-0.4, -0.2) is 50.6 Å². The minimum atomic E-state index is -6.41. The van der Waals surface area contributed by atoms with Crippen molar-refractivity contribution < 1.29 is 48.7 Å². The molecule has 0 aromatic heterocycles. The Morgan fingerprint density at radius 3 is 2.11 bits per heavy atom. The van der Waals surface area contributed by atoms with Crippen molar-refractivity contribution in [2.45, 2.75) is 43.3 Å². The number of hydrogen-bond donors (Lipinski definition) is 2. The summed E-state index contributed by atoms with van der Waals surface area (Å²) < 4.78 is 119. The molecule has 14 heteroatoms. The normalized spacial score (nSPS) is 21.8. The molecule has 2 rings (SSSR count). The van der Waals surface area contributed by atoms with Crippen molar-refractivity contribution >= 4 is 21.7 Å². The second-order valence-electron chi connectivity index (χ2n) is 8.59. The molecule has 0 saturated carbocycles. The Kier molecular flexibility index (Phi) is 7.76. The van der Waals surface area contributed by atoms with Crippen LogP contribution in [0.5, 0.6) is 0 Å². The SMILES string of the molecule is Cc1c(C2(C(N)=O)C=CC=CC2C(=O)NC(C)CS(C)(=O)=O)cccc1C(F)(C(F)(F)F)C(F)(F)F. The van der Waals surface area contributed by atoms with E-state index in [1.165, 1.54) is 19.1 Å². The van der Waals surface area contributed by atoms with E-state index >= 15 is 0 Å². The first-order valence-electron chi connectivity index (χ1n) is 10.3. The number of amides is 2. The molecule has 36 heavy (non-hydrogen) atoms. The Bertz CT molecular complexity index is 1190. The number of rotatable bonds is 7. The zero-order valence-electron chi connectivity index (χ0n) is 19.2. The number of sulfone groups is 1. The van der Waals surface area contributed by atoms with Crippen molar-refractivity contribution in [3.8, 4) is 0 Å². The van der Waals surface area contributed by atoms with Gasteiger partial charge in [0.2, 0.25) is 11.8 Å². The summed E-state index contributed by atoms with van der Waals surface area (Å²) in [5, 5.41) is 2.35. The van der Waals surface area contributed by atoms with Crippen LogP contribution in [0.25, 0.3) is 0 Å². The lowest BCUT2D eigenvalue weighted by Crippen LogP contribution is -2.54. The molecular weight excluding hydrogens is 521 g/mol. The number of halogens is 7. The maximum Gasteiger partial charge on any atom is 0.435 e. The molecule has 3 unspecified atom stereocenters. The van der Waals surface area contributed by atoms with Crippen LogP contribution < -0.4 is 11.1 Å². The molecule has 0 fully saturated rings. The number of alkyl halides is 7. The van der Waals surface area contributed by atoms with Gasteiger partial charge in [0, 0.05) is 17.9 Å². The number of carbonyl (C=O) groups is 2. The standard InChI is InChI=1S/C22H23F7N2O4S/c1-12(11-36(3,34)35)31-17(32)16-7-4-5-10-19(16,18(30)33)14-8-6-9-15(13(14)2)20(23,21(24,25)26)22(27,28)29/h4-10,12,16H,11H2,1-3H3,(H2,30,33)(H,31,32). The van der Waals surface area contributed by atoms with Crippen molar-refractivity contribution in [2.75, 3.05) is 12.0 Å². The van der Waals surface area contributed by atoms with Gasteiger partial charge in [-0.05, 0) is 25.0 Å². The summed E-state index contributed by atoms with van der Waals surface area (Å²) in [6.07, 6.45) is -7.26. The van der Waals surface area contributed by atoms with E-state index in [0.717, 1.165) is 31.4 Å². The van der Waals surface area contributed by atoms with Gasteiger partial charge in [-0.15, -0.1) is 0 Å². The average molecular weight is 544 g/mol. The van der Waals surface area contributed by atoms with Crippen LogP contribution in [0.1, 0.15) is 23.6 Å². The van der Waals surface area contributed by atoms with E-state index in [2.05, 4.69) is 5.32 Å². The van der Waals surface area contributed by atoms with E-state index in [1.54, 1.807) is 0 Å². The highest BCUT2D eigenvalue weighted by Crippen LogP contribution is 2.55. The van der Waals surface area contributed by atoms with E-state index in [1.807, 2.05) is 0 Å². The number of benzene rings is 1. The summed E-state index contributed by atoms with van der Waals surface area (Å²) in [6.45, 7) is 2.10. The second-order valence-corrected chi connectivity index (χ2v) is 10.8. The van der Waals surface area contributed by atoms with Crippen LogP contribution >= 0.6 is 0 Å². The van der Waals surface area contributed by atoms with Crippen LogP contribution in [0.4, 0.5) is 30.7 Å². The van der Waals surface area contributed by atoms with Gasteiger partial charge in [-0.3, -0.25) is 9.59 Å². The van der Waals surface area contributed by atoms with E-state index in [4.69, 9.17) is 5.73 Å². The van der Waals surface area contributed by atoms with Crippen molar-refractivity contribution in [3.63, 3.8) is 0 Å². The number of hydrogen-bond acceptors (Lipinski definition) is 4. The van der Waals surface area contributed by atoms with Crippen LogP contribution in [0, 0.1) is 12.8 Å². The largest absolute Gasteiger partial charge is 0.435 e. The maximum atomic E-state index is 14.9. The topological polar surface area (TPSA) is 106 Å². The minimum absolute atomic E-state index is 0.292. The zero-order chi connectivity index (χ0) is 27.9. The number of allylic oxidation sites excluding steroid dienone is 2. The van der Waals surface area contributed by atoms with Gasteiger partial charge in [-0.1, -0.05) is 42.5 Å². The predicted octanol–water partition coefficient (Wildman–Crippen LogP) is 3.30. The summed E-state index contributed by atoms with van der Waals surface area (Å²) in [7, 11) is -3.55. The molecule has 0 bridgehead atoms. The van der Waals surface area contributed by atoms with Crippen molar-refractivity contribution in [3.05, 3.63) is 59.2 Å². The first-order valence-corrected chi connectivity index (χ1v) is 12.3. The fourth-order valence-corrected chi connectivity index (χ4v) is 5.30. The molecule has 0 spiro atoms. The summed E-state index contributed by atoms with van der Waals surface area (Å²) in [4.78, 5) is 25.8. The number of primary amides is 1. The van der Waals surface area contributed by atoms with E-state index in [-0.39, 0.29) is 0 Å². The summed E-state index contributed by atoms with van der Waals surface area (Å²) in [6, 6.07) is 0.987. The van der Waals surface area contributed by atoms with Gasteiger partial charge < -0.3 is 11.1 Å². The summed E-state index contributed by atoms with van der Waals surface area (Å²) >= 11 is 0. The molecule has 0 saturated heterocycles. The van der Waals surface area contributed by atoms with E-state index < -0.39 is 79.5 Å². The number of carbonyl (C=O) groups excluding carboxylic acids is 2. The van der Waals surface area contributed by atoms with Crippen molar-refractivity contribution in [2.24, 2.45) is 11.7 Å². The van der Waals surface area contributed by atoms with Crippen LogP contribution in [0.15, 0.2) is 42.5 Å².